The van der Waals surface area contributed by atoms with Crippen molar-refractivity contribution in [2.45, 2.75) is 6.17 Å². The van der Waals surface area contributed by atoms with Crippen molar-refractivity contribution in [3.05, 3.63) is 211 Å². The number of nitrogens with zero attached hydrogens (tertiary/aromatic N) is 1. The molecule has 0 saturated heterocycles. The molecule has 10 rings (SSSR count). The fraction of sp³-hybridized carbons (Fsp3) is 0.0200. The number of fused-ring (bicyclic) bond motifs is 8. The molecule has 1 aliphatic rings. The van der Waals surface area contributed by atoms with E-state index >= 15 is 0 Å². The van der Waals surface area contributed by atoms with Gasteiger partial charge < -0.3 is 9.73 Å². The number of para-hydroxylation sites is 2. The Hall–Kier alpha value is -6.97. The third-order valence-electron chi connectivity index (χ3n) is 10.4. The SMILES string of the molecule is c1ccc(-c2ccc(C3=NC(c4ccc(-c5ccc6c(c5)oc5ccccc5c5ccccc5c5ccccc65)cc4)Nc4ccccc43)cc2)cc1. The number of hydrogen-bond donors (Lipinski definition) is 1. The van der Waals surface area contributed by atoms with Crippen LogP contribution in [0.2, 0.25) is 0 Å². The molecule has 0 spiro atoms. The second-order valence-electron chi connectivity index (χ2n) is 13.5. The van der Waals surface area contributed by atoms with E-state index in [1.54, 1.807) is 0 Å². The van der Waals surface area contributed by atoms with Gasteiger partial charge in [0.1, 0.15) is 17.3 Å². The van der Waals surface area contributed by atoms with Gasteiger partial charge in [-0.05, 0) is 73.6 Å². The molecule has 0 amide bonds. The standard InChI is InChI=1S/C50H34N2O/c1-2-12-33(13-3-1)34-22-26-36(27-23-34)49-45-19-8-10-20-46(45)51-50(52-49)37-28-24-35(25-29-37)38-30-31-44-42-17-7-5-15-40(42)39-14-4-6-16-41(39)43-18-9-11-21-47(43)53-48(44)32-38/h1-32,50-51H. The Balaban J connectivity index is 1.05. The summed E-state index contributed by atoms with van der Waals surface area (Å²) in [7, 11) is 0. The van der Waals surface area contributed by atoms with Gasteiger partial charge in [-0.1, -0.05) is 170 Å². The van der Waals surface area contributed by atoms with E-state index in [4.69, 9.17) is 9.41 Å². The molecule has 0 bridgehead atoms. The Morgan fingerprint density at radius 2 is 0.868 bits per heavy atom. The maximum Gasteiger partial charge on any atom is 0.145 e. The van der Waals surface area contributed by atoms with E-state index in [0.29, 0.717) is 0 Å². The normalized spacial score (nSPS) is 13.7. The van der Waals surface area contributed by atoms with Crippen molar-refractivity contribution in [1.82, 2.24) is 0 Å². The van der Waals surface area contributed by atoms with Crippen LogP contribution in [-0.2, 0) is 0 Å². The van der Waals surface area contributed by atoms with Crippen LogP contribution in [0.4, 0.5) is 5.69 Å². The molecule has 0 aliphatic carbocycles. The lowest BCUT2D eigenvalue weighted by Crippen LogP contribution is -2.20. The number of rotatable bonds is 4. The van der Waals surface area contributed by atoms with Gasteiger partial charge in [0.05, 0.1) is 5.71 Å². The van der Waals surface area contributed by atoms with E-state index < -0.39 is 0 Å². The van der Waals surface area contributed by atoms with Crippen molar-refractivity contribution >= 4 is 54.9 Å². The van der Waals surface area contributed by atoms with Crippen LogP contribution in [0.5, 0.6) is 0 Å². The molecule has 1 aromatic heterocycles. The van der Waals surface area contributed by atoms with Gasteiger partial charge in [0.25, 0.3) is 0 Å². The Kier molecular flexibility index (Phi) is 7.54. The van der Waals surface area contributed by atoms with Crippen LogP contribution in [0, 0.1) is 0 Å². The zero-order chi connectivity index (χ0) is 35.1. The molecule has 250 valence electrons. The Morgan fingerprint density at radius 1 is 0.377 bits per heavy atom. The van der Waals surface area contributed by atoms with Crippen LogP contribution in [-0.4, -0.2) is 5.71 Å². The fourth-order valence-corrected chi connectivity index (χ4v) is 7.70. The zero-order valence-corrected chi connectivity index (χ0v) is 28.9. The molecule has 0 saturated carbocycles. The first-order valence-corrected chi connectivity index (χ1v) is 18.1. The predicted octanol–water partition coefficient (Wildman–Crippen LogP) is 13.3. The Labute approximate surface area is 307 Å². The van der Waals surface area contributed by atoms with Gasteiger partial charge in [0.2, 0.25) is 0 Å². The van der Waals surface area contributed by atoms with Crippen molar-refractivity contribution in [1.29, 1.82) is 0 Å². The average molecular weight is 679 g/mol. The van der Waals surface area contributed by atoms with Crippen molar-refractivity contribution in [2.24, 2.45) is 4.99 Å². The van der Waals surface area contributed by atoms with Crippen molar-refractivity contribution in [2.75, 3.05) is 5.32 Å². The minimum absolute atomic E-state index is 0.222. The minimum Gasteiger partial charge on any atom is -0.456 e. The van der Waals surface area contributed by atoms with Crippen LogP contribution in [0.3, 0.4) is 0 Å². The Bertz CT molecular complexity index is 2900. The molecule has 3 heteroatoms. The highest BCUT2D eigenvalue weighted by Crippen LogP contribution is 2.36. The maximum absolute atomic E-state index is 6.85. The molecule has 8 aromatic carbocycles. The number of aliphatic imine (C=N–C) groups is 1. The van der Waals surface area contributed by atoms with E-state index in [2.05, 4.69) is 187 Å². The summed E-state index contributed by atoms with van der Waals surface area (Å²) in [6.45, 7) is 0. The van der Waals surface area contributed by atoms with Gasteiger partial charge >= 0.3 is 0 Å². The van der Waals surface area contributed by atoms with Crippen LogP contribution < -0.4 is 5.32 Å². The summed E-state index contributed by atoms with van der Waals surface area (Å²) in [6.07, 6.45) is -0.222. The predicted molar refractivity (Wildman–Crippen MR) is 222 cm³/mol. The largest absolute Gasteiger partial charge is 0.456 e. The summed E-state index contributed by atoms with van der Waals surface area (Å²) in [4.78, 5) is 5.30. The molecule has 53 heavy (non-hydrogen) atoms. The number of nitrogens with one attached hydrogen (secondary N) is 1. The molecular weight excluding hydrogens is 645 g/mol. The fourth-order valence-electron chi connectivity index (χ4n) is 7.70. The third-order valence-corrected chi connectivity index (χ3v) is 10.4. The molecule has 1 atom stereocenters. The van der Waals surface area contributed by atoms with Crippen LogP contribution in [0.1, 0.15) is 22.9 Å². The van der Waals surface area contributed by atoms with E-state index in [-0.39, 0.29) is 6.17 Å². The first-order valence-electron chi connectivity index (χ1n) is 18.1. The van der Waals surface area contributed by atoms with Gasteiger partial charge in [0.15, 0.2) is 0 Å². The van der Waals surface area contributed by atoms with E-state index in [1.165, 1.54) is 21.9 Å². The molecular formula is C50H34N2O. The van der Waals surface area contributed by atoms with Crippen LogP contribution >= 0.6 is 0 Å². The van der Waals surface area contributed by atoms with Gasteiger partial charge in [-0.15, -0.1) is 0 Å². The van der Waals surface area contributed by atoms with Crippen molar-refractivity contribution in [3.63, 3.8) is 0 Å². The highest BCUT2D eigenvalue weighted by Gasteiger charge is 2.22. The molecule has 0 radical (unpaired) electrons. The molecule has 1 aliphatic heterocycles. The average Bonchev–Trinajstić information content (AvgIpc) is 3.28. The van der Waals surface area contributed by atoms with Crippen LogP contribution in [0.15, 0.2) is 204 Å². The number of hydrogen-bond acceptors (Lipinski definition) is 3. The summed E-state index contributed by atoms with van der Waals surface area (Å²) in [5.74, 6) is 0. The van der Waals surface area contributed by atoms with Gasteiger partial charge in [0, 0.05) is 27.6 Å². The summed E-state index contributed by atoms with van der Waals surface area (Å²) >= 11 is 0. The molecule has 1 unspecified atom stereocenters. The maximum atomic E-state index is 6.85. The molecule has 0 fully saturated rings. The first-order chi connectivity index (χ1) is 26.3. The molecule has 3 nitrogen and oxygen atoms in total. The van der Waals surface area contributed by atoms with Crippen molar-refractivity contribution in [3.8, 4) is 22.3 Å². The van der Waals surface area contributed by atoms with Gasteiger partial charge in [-0.25, -0.2) is 0 Å². The topological polar surface area (TPSA) is 37.5 Å². The minimum atomic E-state index is -0.222. The second-order valence-corrected chi connectivity index (χ2v) is 13.5. The zero-order valence-electron chi connectivity index (χ0n) is 28.9. The van der Waals surface area contributed by atoms with E-state index in [1.807, 2.05) is 12.1 Å². The quantitative estimate of drug-likeness (QED) is 0.201. The highest BCUT2D eigenvalue weighted by molar-refractivity contribution is 6.19. The molecule has 9 aromatic rings. The lowest BCUT2D eigenvalue weighted by Gasteiger charge is -2.26. The highest BCUT2D eigenvalue weighted by atomic mass is 16.3. The summed E-state index contributed by atoms with van der Waals surface area (Å²) < 4.78 is 6.85. The third kappa shape index (κ3) is 5.60. The lowest BCUT2D eigenvalue weighted by molar-refractivity contribution is 0.663. The van der Waals surface area contributed by atoms with Gasteiger partial charge in [-0.3, -0.25) is 4.99 Å². The monoisotopic (exact) mass is 678 g/mol. The van der Waals surface area contributed by atoms with E-state index in [9.17, 15) is 0 Å². The smallest absolute Gasteiger partial charge is 0.145 e. The van der Waals surface area contributed by atoms with Crippen molar-refractivity contribution < 1.29 is 4.42 Å². The Morgan fingerprint density at radius 3 is 1.58 bits per heavy atom. The first kappa shape index (κ1) is 30.8. The number of anilines is 1. The van der Waals surface area contributed by atoms with Crippen LogP contribution in [0.25, 0.3) is 65.7 Å². The summed E-state index contributed by atoms with van der Waals surface area (Å²) in [5.41, 5.74) is 11.6. The van der Waals surface area contributed by atoms with E-state index in [0.717, 1.165) is 71.9 Å². The second kappa shape index (κ2) is 13.0. The van der Waals surface area contributed by atoms with Gasteiger partial charge in [-0.2, -0.15) is 0 Å². The lowest BCUT2D eigenvalue weighted by atomic mass is 9.95. The molecule has 2 heterocycles. The molecule has 1 N–H and O–H groups in total. The summed E-state index contributed by atoms with van der Waals surface area (Å²) in [6, 6.07) is 68.6. The number of benzene rings is 8. The summed E-state index contributed by atoms with van der Waals surface area (Å²) in [5, 5.41) is 10.5.